The molecule has 0 aliphatic carbocycles. The molecule has 0 heterocycles. The van der Waals surface area contributed by atoms with Crippen LogP contribution < -0.4 is 0 Å². The first-order chi connectivity index (χ1) is 11.5. The lowest BCUT2D eigenvalue weighted by Gasteiger charge is -2.20. The molecule has 0 aliphatic rings. The molecule has 5 nitrogen and oxygen atoms in total. The number of aliphatic carboxylic acids is 2. The molecule has 0 atom stereocenters. The number of hydrogen-bond acceptors (Lipinski definition) is 3. The fourth-order valence-electron chi connectivity index (χ4n) is 2.83. The summed E-state index contributed by atoms with van der Waals surface area (Å²) in [6, 6.07) is 0. The molecule has 5 heteroatoms. The first kappa shape index (κ1) is 23.9. The van der Waals surface area contributed by atoms with Crippen molar-refractivity contribution in [2.45, 2.75) is 98.0 Å². The maximum absolute atomic E-state index is 11.1. The molecular formula is C20H38O5. The molecule has 25 heavy (non-hydrogen) atoms. The van der Waals surface area contributed by atoms with Crippen LogP contribution in [0.3, 0.4) is 0 Å². The van der Waals surface area contributed by atoms with Crippen LogP contribution in [0.1, 0.15) is 91.9 Å². The van der Waals surface area contributed by atoms with Gasteiger partial charge in [-0.1, -0.05) is 38.5 Å². The Morgan fingerprint density at radius 1 is 0.760 bits per heavy atom. The molecule has 148 valence electrons. The highest BCUT2D eigenvalue weighted by molar-refractivity contribution is 5.73. The topological polar surface area (TPSA) is 83.8 Å². The third-order valence-corrected chi connectivity index (χ3v) is 5.15. The minimum atomic E-state index is -0.728. The van der Waals surface area contributed by atoms with Gasteiger partial charge in [-0.25, -0.2) is 0 Å². The minimum Gasteiger partial charge on any atom is -0.481 e. The van der Waals surface area contributed by atoms with Gasteiger partial charge in [-0.2, -0.15) is 0 Å². The molecule has 0 fully saturated rings. The summed E-state index contributed by atoms with van der Waals surface area (Å²) in [6.07, 6.45) is 9.71. The van der Waals surface area contributed by atoms with Gasteiger partial charge in [0.2, 0.25) is 0 Å². The molecule has 0 amide bonds. The highest BCUT2D eigenvalue weighted by Gasteiger charge is 2.26. The standard InChI is InChI=1S/C20H38O5/c1-19(2,17(21)22)14-10-6-8-12-16(25-5)13-9-7-11-15-20(3,4)18(23)24/h16H,6-15H2,1-5H3,(H,21,22)(H,23,24). The lowest BCUT2D eigenvalue weighted by Crippen LogP contribution is -2.23. The van der Waals surface area contributed by atoms with Gasteiger partial charge in [-0.15, -0.1) is 0 Å². The van der Waals surface area contributed by atoms with E-state index in [1.807, 2.05) is 0 Å². The number of carboxylic acid groups (broad SMARTS) is 2. The number of rotatable bonds is 15. The van der Waals surface area contributed by atoms with E-state index in [0.29, 0.717) is 12.8 Å². The lowest BCUT2D eigenvalue weighted by molar-refractivity contribution is -0.148. The molecule has 0 spiro atoms. The summed E-state index contributed by atoms with van der Waals surface area (Å²) in [4.78, 5) is 22.1. The van der Waals surface area contributed by atoms with E-state index in [9.17, 15) is 9.59 Å². The largest absolute Gasteiger partial charge is 0.481 e. The van der Waals surface area contributed by atoms with Gasteiger partial charge in [-0.3, -0.25) is 9.59 Å². The van der Waals surface area contributed by atoms with Crippen LogP contribution in [0.15, 0.2) is 0 Å². The van der Waals surface area contributed by atoms with Crippen molar-refractivity contribution >= 4 is 11.9 Å². The Bertz CT molecular complexity index is 365. The summed E-state index contributed by atoms with van der Waals surface area (Å²) in [7, 11) is 1.74. The molecule has 0 unspecified atom stereocenters. The lowest BCUT2D eigenvalue weighted by atomic mass is 9.86. The van der Waals surface area contributed by atoms with Gasteiger partial charge in [0.05, 0.1) is 16.9 Å². The summed E-state index contributed by atoms with van der Waals surface area (Å²) in [5.74, 6) is -1.46. The summed E-state index contributed by atoms with van der Waals surface area (Å²) in [5.41, 5.74) is -1.27. The highest BCUT2D eigenvalue weighted by atomic mass is 16.5. The number of methoxy groups -OCH3 is 1. The second kappa shape index (κ2) is 11.5. The summed E-state index contributed by atoms with van der Waals surface area (Å²) in [6.45, 7) is 7.11. The zero-order valence-electron chi connectivity index (χ0n) is 16.8. The molecule has 0 bridgehead atoms. The summed E-state index contributed by atoms with van der Waals surface area (Å²) in [5, 5.41) is 18.2. The number of ether oxygens (including phenoxy) is 1. The fraction of sp³-hybridized carbons (Fsp3) is 0.900. The average molecular weight is 359 g/mol. The zero-order chi connectivity index (χ0) is 19.5. The molecule has 0 saturated heterocycles. The average Bonchev–Trinajstić information content (AvgIpc) is 2.51. The Balaban J connectivity index is 3.80. The van der Waals surface area contributed by atoms with Gasteiger partial charge in [0, 0.05) is 7.11 Å². The van der Waals surface area contributed by atoms with E-state index in [4.69, 9.17) is 14.9 Å². The Labute approximate surface area is 153 Å². The molecule has 0 aromatic heterocycles. The molecular weight excluding hydrogens is 320 g/mol. The SMILES string of the molecule is COC(CCCCCC(C)(C)C(=O)O)CCCCCC(C)(C)C(=O)O. The quantitative estimate of drug-likeness (QED) is 0.397. The number of carboxylic acids is 2. The second-order valence-corrected chi connectivity index (χ2v) is 8.43. The van der Waals surface area contributed by atoms with Crippen molar-refractivity contribution in [1.82, 2.24) is 0 Å². The van der Waals surface area contributed by atoms with Gasteiger partial charge in [-0.05, 0) is 53.4 Å². The normalized spacial score (nSPS) is 12.6. The van der Waals surface area contributed by atoms with Crippen LogP contribution in [0, 0.1) is 10.8 Å². The number of carbonyl (C=O) groups is 2. The van der Waals surface area contributed by atoms with E-state index in [1.165, 1.54) is 0 Å². The Morgan fingerprint density at radius 3 is 1.40 bits per heavy atom. The van der Waals surface area contributed by atoms with Gasteiger partial charge in [0.1, 0.15) is 0 Å². The number of hydrogen-bond donors (Lipinski definition) is 2. The van der Waals surface area contributed by atoms with E-state index in [-0.39, 0.29) is 6.10 Å². The monoisotopic (exact) mass is 358 g/mol. The van der Waals surface area contributed by atoms with Crippen molar-refractivity contribution in [2.75, 3.05) is 7.11 Å². The van der Waals surface area contributed by atoms with E-state index in [1.54, 1.807) is 34.8 Å². The van der Waals surface area contributed by atoms with Gasteiger partial charge >= 0.3 is 11.9 Å². The fourth-order valence-corrected chi connectivity index (χ4v) is 2.83. The van der Waals surface area contributed by atoms with Gasteiger partial charge < -0.3 is 14.9 Å². The van der Waals surface area contributed by atoms with Crippen LogP contribution >= 0.6 is 0 Å². The van der Waals surface area contributed by atoms with Crippen molar-refractivity contribution in [3.05, 3.63) is 0 Å². The molecule has 0 rings (SSSR count). The first-order valence-electron chi connectivity index (χ1n) is 9.52. The Morgan fingerprint density at radius 2 is 1.12 bits per heavy atom. The van der Waals surface area contributed by atoms with Crippen molar-refractivity contribution in [2.24, 2.45) is 10.8 Å². The Kier molecular flexibility index (Phi) is 11.0. The highest BCUT2D eigenvalue weighted by Crippen LogP contribution is 2.26. The maximum atomic E-state index is 11.1. The molecule has 0 radical (unpaired) electrons. The predicted molar refractivity (Wildman–Crippen MR) is 99.8 cm³/mol. The van der Waals surface area contributed by atoms with Crippen LogP contribution in [-0.4, -0.2) is 35.4 Å². The van der Waals surface area contributed by atoms with E-state index in [0.717, 1.165) is 51.4 Å². The van der Waals surface area contributed by atoms with Gasteiger partial charge in [0.25, 0.3) is 0 Å². The minimum absolute atomic E-state index is 0.250. The first-order valence-corrected chi connectivity index (χ1v) is 9.52. The van der Waals surface area contributed by atoms with Crippen molar-refractivity contribution in [3.63, 3.8) is 0 Å². The van der Waals surface area contributed by atoms with Crippen molar-refractivity contribution in [3.8, 4) is 0 Å². The molecule has 0 aromatic carbocycles. The second-order valence-electron chi connectivity index (χ2n) is 8.43. The molecule has 0 aliphatic heterocycles. The predicted octanol–water partition coefficient (Wildman–Crippen LogP) is 5.12. The van der Waals surface area contributed by atoms with Crippen LogP contribution in [-0.2, 0) is 14.3 Å². The van der Waals surface area contributed by atoms with Crippen LogP contribution in [0.25, 0.3) is 0 Å². The maximum Gasteiger partial charge on any atom is 0.309 e. The van der Waals surface area contributed by atoms with Crippen molar-refractivity contribution < 1.29 is 24.5 Å². The smallest absolute Gasteiger partial charge is 0.309 e. The molecule has 0 aromatic rings. The van der Waals surface area contributed by atoms with Crippen LogP contribution in [0.2, 0.25) is 0 Å². The third-order valence-electron chi connectivity index (χ3n) is 5.15. The van der Waals surface area contributed by atoms with Crippen LogP contribution in [0.5, 0.6) is 0 Å². The zero-order valence-corrected chi connectivity index (χ0v) is 16.8. The summed E-state index contributed by atoms with van der Waals surface area (Å²) >= 11 is 0. The van der Waals surface area contributed by atoms with Gasteiger partial charge in [0.15, 0.2) is 0 Å². The molecule has 0 saturated carbocycles. The van der Waals surface area contributed by atoms with E-state index in [2.05, 4.69) is 0 Å². The Hall–Kier alpha value is -1.10. The van der Waals surface area contributed by atoms with Crippen molar-refractivity contribution in [1.29, 1.82) is 0 Å². The summed E-state index contributed by atoms with van der Waals surface area (Å²) < 4.78 is 5.53. The molecule has 2 N–H and O–H groups in total. The van der Waals surface area contributed by atoms with E-state index < -0.39 is 22.8 Å². The van der Waals surface area contributed by atoms with Crippen LogP contribution in [0.4, 0.5) is 0 Å². The number of unbranched alkanes of at least 4 members (excludes halogenated alkanes) is 4. The third kappa shape index (κ3) is 10.5. The van der Waals surface area contributed by atoms with E-state index >= 15 is 0 Å².